The number of amides is 3. The molecule has 2 aliphatic heterocycles. The second-order valence-corrected chi connectivity index (χ2v) is 32.0. The highest BCUT2D eigenvalue weighted by Crippen LogP contribution is 2.66. The molecule has 3 amide bonds. The predicted molar refractivity (Wildman–Crippen MR) is 362 cm³/mol. The van der Waals surface area contributed by atoms with E-state index in [0.717, 1.165) is 32.2 Å². The maximum atomic E-state index is 13.2. The molecule has 1 fully saturated rings. The Kier molecular flexibility index (Phi) is 36.5. The van der Waals surface area contributed by atoms with Gasteiger partial charge in [0.15, 0.2) is 5.36 Å². The number of alkyl carbamates (subject to hydrolysis) is 2. The van der Waals surface area contributed by atoms with Crippen LogP contribution in [0.2, 0.25) is 0 Å². The van der Waals surface area contributed by atoms with Crippen molar-refractivity contribution in [1.29, 1.82) is 0 Å². The average molecular weight is 1570 g/mol. The number of anilines is 2. The van der Waals surface area contributed by atoms with Crippen molar-refractivity contribution in [2.75, 3.05) is 102 Å². The zero-order valence-corrected chi connectivity index (χ0v) is 60.8. The van der Waals surface area contributed by atoms with Gasteiger partial charge in [0.05, 0.1) is 76.5 Å². The summed E-state index contributed by atoms with van der Waals surface area (Å²) >= 11 is 5.33. The van der Waals surface area contributed by atoms with Gasteiger partial charge in [0.1, 0.15) is 35.4 Å². The normalized spacial score (nSPS) is 15.9. The molecule has 3 aromatic rings. The van der Waals surface area contributed by atoms with Crippen LogP contribution in [0.25, 0.3) is 33.4 Å². The molecule has 0 radical (unpaired) electrons. The molecule has 3 heterocycles. The molecule has 0 spiro atoms. The smallest absolute Gasteiger partial charge is 0.456 e. The summed E-state index contributed by atoms with van der Waals surface area (Å²) in [6.07, 6.45) is -1.70. The van der Waals surface area contributed by atoms with E-state index in [1.165, 1.54) is 17.0 Å². The number of nitrogens with two attached hydrogens (primary N) is 3. The fraction of sp³-hybridized carbons (Fsp3) is 0.481. The largest absolute Gasteiger partial charge is 0.490 e. The van der Waals surface area contributed by atoms with E-state index < -0.39 is 97.1 Å². The molecule has 3 aliphatic rings. The minimum absolute atomic E-state index is 0.0479. The molecule has 0 saturated carbocycles. The van der Waals surface area contributed by atoms with Crippen molar-refractivity contribution < 1.29 is 129 Å². The predicted octanol–water partition coefficient (Wildman–Crippen LogP) is 2.53. The third kappa shape index (κ3) is 33.1. The number of phosphoric acid groups is 3. The molecule has 36 nitrogen and oxygen atoms in total. The van der Waals surface area contributed by atoms with Crippen LogP contribution in [0.5, 0.6) is 0 Å². The van der Waals surface area contributed by atoms with Crippen LogP contribution in [0.1, 0.15) is 74.2 Å². The molecule has 1 aliphatic carbocycles. The summed E-state index contributed by atoms with van der Waals surface area (Å²) in [5, 5.41) is 15.6. The van der Waals surface area contributed by atoms with Gasteiger partial charge in [-0.15, -0.1) is 25.3 Å². The lowest BCUT2D eigenvalue weighted by atomic mass is 9.90. The zero-order chi connectivity index (χ0) is 73.5. The van der Waals surface area contributed by atoms with E-state index in [2.05, 4.69) is 41.4 Å². The van der Waals surface area contributed by atoms with Crippen molar-refractivity contribution in [2.24, 2.45) is 0 Å². The molecule has 1 aromatic heterocycles. The molecule has 99 heavy (non-hydrogen) atoms. The SMILES string of the molecule is CCS(=S)CO[C@@H]1C[C@H](n2cc(C#CCNC(=O)OCCCCOCSSC(C)(C)CCOC(=O)NCCOCCOCCNC(=O)c3ccc(C)c(-c4c5ccc(=[NH2+])cc-5oc5cc(N)ccc45)c3)c(N)nc2=O)O[C@@H]1COP(=O)(O)OP(=O)(O)OP(=O)(O)O.O=S(=O)=O.O=S(=O)=O. The summed E-state index contributed by atoms with van der Waals surface area (Å²) in [7, 11) is -20.7. The lowest BCUT2D eigenvalue weighted by Crippen LogP contribution is -2.44. The Morgan fingerprint density at radius 2 is 1.48 bits per heavy atom. The van der Waals surface area contributed by atoms with Gasteiger partial charge in [0.25, 0.3) is 5.91 Å². The molecular formula is C54H74N8O28P3S6+. The maximum absolute atomic E-state index is 13.2. The number of carbonyl (C=O) groups excluding carboxylic acids is 3. The Balaban J connectivity index is 0.00000246. The summed E-state index contributed by atoms with van der Waals surface area (Å²) < 4.78 is 144. The number of phosphoric ester groups is 1. The fourth-order valence-electron chi connectivity index (χ4n) is 8.37. The Hall–Kier alpha value is -6.10. The van der Waals surface area contributed by atoms with Gasteiger partial charge in [0.2, 0.25) is 0 Å². The fourth-order valence-corrected chi connectivity index (χ4v) is 14.3. The number of aryl methyl sites for hydroxylation is 1. The Bertz CT molecular complexity index is 4100. The van der Waals surface area contributed by atoms with Crippen molar-refractivity contribution in [1.82, 2.24) is 25.5 Å². The number of nitrogens with zero attached hydrogens (tertiary/aromatic N) is 2. The zero-order valence-electron chi connectivity index (χ0n) is 53.2. The third-order valence-corrected chi connectivity index (χ3v) is 21.7. The van der Waals surface area contributed by atoms with Gasteiger partial charge in [0, 0.05) is 77.0 Å². The second kappa shape index (κ2) is 42.4. The number of carbonyl (C=O) groups is 3. The topological polar surface area (TPSA) is 540 Å². The quantitative estimate of drug-likeness (QED) is 0.00524. The summed E-state index contributed by atoms with van der Waals surface area (Å²) in [5.41, 5.74) is 16.5. The van der Waals surface area contributed by atoms with Crippen LogP contribution < -0.4 is 43.9 Å². The standard InChI is InChI=1S/C54H73N8O22P3S4.2O3S/c1-5-91(88)34-79-45-30-47(82-46(45)32-80-86(70,71)84-87(72,73)83-85(67,68)69)62-31-37(49(57)61-51(62)64)9-8-17-59-52(65)77-21-7-6-20-76-33-89-90-54(3,4)16-22-78-53(66)60-19-24-75-26-25-74-23-18-58-50(63)36-11-10-35(2)42(27-36)48-40-14-12-38(55)28-43(40)81-44-29-39(56)13-15-41(44)48;2*1-4(2)3/h10-15,27-29,31,45-47,55H,5-7,16-26,30,32-34,56H2,1-4H3,(H,58,63)(H,59,65)(H,60,66)(H,70,71)(H,72,73)(H2,57,61,64)(H2,67,68,69);;/p+1/t45-,46-,47-,91?;;/m1../s1. The monoisotopic (exact) mass is 1570 g/mol. The van der Waals surface area contributed by atoms with Crippen LogP contribution in [0.3, 0.4) is 0 Å². The molecule has 6 rings (SSSR count). The van der Waals surface area contributed by atoms with Gasteiger partial charge in [-0.2, -0.15) is 13.6 Å². The molecular weight excluding hydrogens is 1490 g/mol. The third-order valence-electron chi connectivity index (χ3n) is 12.8. The first-order chi connectivity index (χ1) is 46.6. The van der Waals surface area contributed by atoms with Gasteiger partial charge in [-0.3, -0.25) is 19.3 Å². The van der Waals surface area contributed by atoms with Crippen LogP contribution in [0, 0.1) is 18.8 Å². The lowest BCUT2D eigenvalue weighted by molar-refractivity contribution is -0.172. The van der Waals surface area contributed by atoms with E-state index in [1.54, 1.807) is 29.0 Å². The number of ether oxygens (including phenoxy) is 7. The first-order valence-electron chi connectivity index (χ1n) is 29.0. The van der Waals surface area contributed by atoms with Crippen LogP contribution in [0.4, 0.5) is 21.1 Å². The molecule has 2 aromatic carbocycles. The average Bonchev–Trinajstić information content (AvgIpc) is 1.28. The van der Waals surface area contributed by atoms with Crippen molar-refractivity contribution in [3.05, 3.63) is 93.3 Å². The summed E-state index contributed by atoms with van der Waals surface area (Å²) in [4.78, 5) is 91.6. The second-order valence-electron chi connectivity index (χ2n) is 20.7. The number of hydrogen-bond acceptors (Lipinski definition) is 30. The molecule has 0 bridgehead atoms. The Labute approximate surface area is 584 Å². The highest BCUT2D eigenvalue weighted by atomic mass is 33.1. The first-order valence-corrected chi connectivity index (χ1v) is 40.3. The molecule has 548 valence electrons. The first kappa shape index (κ1) is 85.3. The summed E-state index contributed by atoms with van der Waals surface area (Å²) in [5.74, 6) is 6.55. The van der Waals surface area contributed by atoms with Gasteiger partial charge >= 0.3 is 62.6 Å². The number of nitrogen functional groups attached to an aromatic ring is 2. The van der Waals surface area contributed by atoms with Crippen molar-refractivity contribution in [3.63, 3.8) is 0 Å². The number of unbranched alkanes of at least 4 members (excludes halogenated alkanes) is 1. The number of rotatable bonds is 36. The minimum atomic E-state index is -5.79. The van der Waals surface area contributed by atoms with Crippen LogP contribution >= 0.6 is 45.1 Å². The van der Waals surface area contributed by atoms with Crippen molar-refractivity contribution in [3.8, 4) is 34.3 Å². The van der Waals surface area contributed by atoms with Gasteiger partial charge in [-0.25, -0.2) is 28.1 Å². The van der Waals surface area contributed by atoms with E-state index in [4.69, 9.17) is 105 Å². The molecule has 6 atom stereocenters. The maximum Gasteiger partial charge on any atom is 0.490 e. The highest BCUT2D eigenvalue weighted by Gasteiger charge is 2.44. The van der Waals surface area contributed by atoms with Crippen molar-refractivity contribution >= 4 is 127 Å². The molecule has 13 N–H and O–H groups in total. The number of nitrogens with one attached hydrogen (secondary N) is 3. The Morgan fingerprint density at radius 3 is 2.16 bits per heavy atom. The number of fused-ring (bicyclic) bond motifs is 2. The minimum Gasteiger partial charge on any atom is -0.456 e. The summed E-state index contributed by atoms with van der Waals surface area (Å²) in [6, 6.07) is 16.6. The number of benzene rings is 3. The van der Waals surface area contributed by atoms with E-state index in [-0.39, 0.29) is 87.1 Å². The number of aromatic nitrogens is 2. The molecule has 45 heteroatoms. The van der Waals surface area contributed by atoms with Crippen LogP contribution in [-0.4, -0.2) is 180 Å². The summed E-state index contributed by atoms with van der Waals surface area (Å²) in [6.45, 7) is 9.22. The Morgan fingerprint density at radius 1 is 0.828 bits per heavy atom. The van der Waals surface area contributed by atoms with E-state index >= 15 is 0 Å². The van der Waals surface area contributed by atoms with Gasteiger partial charge in [-0.05, 0) is 98.4 Å². The lowest BCUT2D eigenvalue weighted by Gasteiger charge is -2.22. The van der Waals surface area contributed by atoms with Gasteiger partial charge < -0.3 is 84.6 Å². The molecule has 3 unspecified atom stereocenters. The van der Waals surface area contributed by atoms with E-state index in [9.17, 15) is 42.7 Å². The van der Waals surface area contributed by atoms with E-state index in [1.807, 2.05) is 64.1 Å². The van der Waals surface area contributed by atoms with E-state index in [0.29, 0.717) is 72.1 Å². The molecule has 1 saturated heterocycles. The van der Waals surface area contributed by atoms with Crippen LogP contribution in [-0.2, 0) is 102 Å². The van der Waals surface area contributed by atoms with Crippen LogP contribution in [0.15, 0.2) is 70.0 Å². The van der Waals surface area contributed by atoms with Gasteiger partial charge in [-0.1, -0.05) is 55.9 Å². The number of hydrogen-bond donors (Lipinski definition) is 10. The highest BCUT2D eigenvalue weighted by molar-refractivity contribution is 8.77. The van der Waals surface area contributed by atoms with Crippen molar-refractivity contribution in [2.45, 2.75) is 76.6 Å².